The molecular formula is C29H29N7O4S. The number of nitrogens with one attached hydrogen (secondary N) is 1. The zero-order valence-electron chi connectivity index (χ0n) is 22.5. The van der Waals surface area contributed by atoms with E-state index in [2.05, 4.69) is 29.6 Å². The van der Waals surface area contributed by atoms with Gasteiger partial charge in [0.05, 0.1) is 54.9 Å². The summed E-state index contributed by atoms with van der Waals surface area (Å²) in [7, 11) is -0.499. The molecule has 0 fully saturated rings. The van der Waals surface area contributed by atoms with E-state index in [1.165, 1.54) is 18.5 Å². The molecule has 0 atom stereocenters. The van der Waals surface area contributed by atoms with E-state index in [0.717, 1.165) is 22.8 Å². The third kappa shape index (κ3) is 8.11. The summed E-state index contributed by atoms with van der Waals surface area (Å²) in [6.07, 6.45) is 6.21. The third-order valence-corrected chi connectivity index (χ3v) is 7.01. The zero-order chi connectivity index (χ0) is 29.1. The summed E-state index contributed by atoms with van der Waals surface area (Å²) in [5.41, 5.74) is 9.77. The normalized spacial score (nSPS) is 10.8. The van der Waals surface area contributed by atoms with Crippen molar-refractivity contribution in [2.24, 2.45) is 5.73 Å². The Morgan fingerprint density at radius 3 is 1.80 bits per heavy atom. The minimum atomic E-state index is -3.66. The molecule has 11 nitrogen and oxygen atoms in total. The van der Waals surface area contributed by atoms with Gasteiger partial charge in [0.1, 0.15) is 16.4 Å². The topological polar surface area (TPSA) is 155 Å². The van der Waals surface area contributed by atoms with Gasteiger partial charge < -0.3 is 15.2 Å². The molecule has 5 aromatic rings. The molecule has 0 aliphatic rings. The number of sulfonamides is 1. The van der Waals surface area contributed by atoms with Crippen LogP contribution in [0.4, 0.5) is 0 Å². The van der Waals surface area contributed by atoms with Crippen molar-refractivity contribution in [3.05, 3.63) is 109 Å². The van der Waals surface area contributed by atoms with E-state index in [4.69, 9.17) is 15.2 Å². The molecule has 0 spiro atoms. The van der Waals surface area contributed by atoms with Crippen LogP contribution < -0.4 is 19.9 Å². The van der Waals surface area contributed by atoms with Crippen LogP contribution in [-0.4, -0.2) is 47.6 Å². The first-order chi connectivity index (χ1) is 19.9. The number of hydrogen-bond donors (Lipinski definition) is 2. The Hall–Kier alpha value is -4.78. The Bertz CT molecular complexity index is 1640. The number of pyridine rings is 5. The Kier molecular flexibility index (Phi) is 9.99. The van der Waals surface area contributed by atoms with Crippen LogP contribution in [-0.2, 0) is 23.1 Å². The van der Waals surface area contributed by atoms with E-state index in [-0.39, 0.29) is 11.4 Å². The van der Waals surface area contributed by atoms with Crippen molar-refractivity contribution in [2.45, 2.75) is 18.0 Å². The van der Waals surface area contributed by atoms with E-state index in [1.54, 1.807) is 44.8 Å². The summed E-state index contributed by atoms with van der Waals surface area (Å²) >= 11 is 0. The number of hydrogen-bond acceptors (Lipinski definition) is 10. The molecule has 0 saturated carbocycles. The van der Waals surface area contributed by atoms with Crippen molar-refractivity contribution in [2.75, 3.05) is 14.2 Å². The molecule has 3 N–H and O–H groups in total. The largest absolute Gasteiger partial charge is 0.497 e. The number of nitrogens with zero attached hydrogens (tertiary/aromatic N) is 5. The summed E-state index contributed by atoms with van der Waals surface area (Å²) in [5.74, 6) is 1.32. The average molecular weight is 572 g/mol. The molecule has 5 heterocycles. The Labute approximate surface area is 238 Å². The van der Waals surface area contributed by atoms with E-state index >= 15 is 0 Å². The predicted octanol–water partition coefficient (Wildman–Crippen LogP) is 3.64. The highest BCUT2D eigenvalue weighted by Gasteiger charge is 2.15. The van der Waals surface area contributed by atoms with Gasteiger partial charge in [-0.1, -0.05) is 12.1 Å². The third-order valence-electron chi connectivity index (χ3n) is 5.63. The molecule has 0 aliphatic carbocycles. The fourth-order valence-corrected chi connectivity index (χ4v) is 4.56. The summed E-state index contributed by atoms with van der Waals surface area (Å²) in [6, 6.07) is 21.3. The van der Waals surface area contributed by atoms with Gasteiger partial charge in [0.25, 0.3) is 0 Å². The maximum absolute atomic E-state index is 12.3. The number of methoxy groups -OCH3 is 2. The van der Waals surface area contributed by atoms with Gasteiger partial charge in [-0.3, -0.25) is 15.0 Å². The summed E-state index contributed by atoms with van der Waals surface area (Å²) in [4.78, 5) is 21.3. The van der Waals surface area contributed by atoms with Crippen molar-refractivity contribution >= 4 is 10.0 Å². The fraction of sp³-hybridized carbons (Fsp3) is 0.138. The highest BCUT2D eigenvalue weighted by molar-refractivity contribution is 7.89. The van der Waals surface area contributed by atoms with Crippen molar-refractivity contribution in [3.63, 3.8) is 0 Å². The van der Waals surface area contributed by atoms with Crippen LogP contribution >= 0.6 is 0 Å². The number of rotatable bonds is 9. The first-order valence-corrected chi connectivity index (χ1v) is 13.9. The van der Waals surface area contributed by atoms with Gasteiger partial charge in [-0.05, 0) is 36.4 Å². The highest BCUT2D eigenvalue weighted by Crippen LogP contribution is 2.22. The number of nitrogens with two attached hydrogens (primary N) is 1. The summed E-state index contributed by atoms with van der Waals surface area (Å²) in [6.45, 7) is 0.408. The summed E-state index contributed by atoms with van der Waals surface area (Å²) < 4.78 is 37.6. The van der Waals surface area contributed by atoms with Crippen LogP contribution in [0.1, 0.15) is 11.4 Å². The molecule has 0 aromatic carbocycles. The van der Waals surface area contributed by atoms with Gasteiger partial charge in [-0.25, -0.2) is 23.1 Å². The zero-order valence-corrected chi connectivity index (χ0v) is 23.3. The second-order valence-corrected chi connectivity index (χ2v) is 10.2. The molecule has 12 heteroatoms. The molecule has 5 aromatic heterocycles. The molecule has 5 rings (SSSR count). The smallest absolute Gasteiger partial charge is 0.242 e. The van der Waals surface area contributed by atoms with E-state index < -0.39 is 10.0 Å². The summed E-state index contributed by atoms with van der Waals surface area (Å²) in [5, 5.41) is 0. The SMILES string of the molecule is COc1cc(CN)nc(-c2ccccn2)c1.COc1cc(CNS(=O)(=O)c2cccnc2)nc(-c2ccccn2)c1. The first-order valence-electron chi connectivity index (χ1n) is 12.4. The molecule has 0 amide bonds. The highest BCUT2D eigenvalue weighted by atomic mass is 32.2. The van der Waals surface area contributed by atoms with Crippen LogP contribution in [0.25, 0.3) is 22.8 Å². The standard InChI is InChI=1S/C17H16N4O3S.C12H13N3O/c1-24-14-9-13(21-17(10-14)16-6-2-3-8-19-16)11-20-25(22,23)15-5-4-7-18-12-15;1-16-10-6-9(8-13)15-12(7-10)11-4-2-3-5-14-11/h2-10,12,20H,11H2,1H3;2-7H,8,13H2,1H3. The molecule has 41 heavy (non-hydrogen) atoms. The molecule has 0 unspecified atom stereocenters. The molecule has 210 valence electrons. The second-order valence-electron chi connectivity index (χ2n) is 8.41. The Morgan fingerprint density at radius 1 is 0.732 bits per heavy atom. The van der Waals surface area contributed by atoms with Crippen LogP contribution in [0, 0.1) is 0 Å². The molecule has 0 radical (unpaired) electrons. The van der Waals surface area contributed by atoms with Crippen LogP contribution in [0.2, 0.25) is 0 Å². The molecule has 0 aliphatic heterocycles. The van der Waals surface area contributed by atoms with Crippen molar-refractivity contribution in [1.29, 1.82) is 0 Å². The number of ether oxygens (including phenoxy) is 2. The molecule has 0 saturated heterocycles. The van der Waals surface area contributed by atoms with Gasteiger partial charge in [-0.15, -0.1) is 0 Å². The van der Waals surface area contributed by atoms with Gasteiger partial charge in [0, 0.05) is 55.6 Å². The maximum Gasteiger partial charge on any atom is 0.242 e. The van der Waals surface area contributed by atoms with Crippen LogP contribution in [0.5, 0.6) is 11.5 Å². The second kappa shape index (κ2) is 14.0. The minimum Gasteiger partial charge on any atom is -0.497 e. The Balaban J connectivity index is 0.000000208. The first kappa shape index (κ1) is 29.2. The number of aromatic nitrogens is 5. The van der Waals surface area contributed by atoms with E-state index in [0.29, 0.717) is 29.4 Å². The van der Waals surface area contributed by atoms with Gasteiger partial charge in [0.15, 0.2) is 0 Å². The minimum absolute atomic E-state index is 0.0221. The Morgan fingerprint density at radius 2 is 1.32 bits per heavy atom. The van der Waals surface area contributed by atoms with E-state index in [1.807, 2.05) is 48.5 Å². The quantitative estimate of drug-likeness (QED) is 0.268. The van der Waals surface area contributed by atoms with Gasteiger partial charge >= 0.3 is 0 Å². The van der Waals surface area contributed by atoms with Crippen molar-refractivity contribution < 1.29 is 17.9 Å². The lowest BCUT2D eigenvalue weighted by atomic mass is 10.2. The van der Waals surface area contributed by atoms with Crippen LogP contribution in [0.3, 0.4) is 0 Å². The van der Waals surface area contributed by atoms with Crippen LogP contribution in [0.15, 0.2) is 102 Å². The monoisotopic (exact) mass is 571 g/mol. The van der Waals surface area contributed by atoms with Crippen molar-refractivity contribution in [3.8, 4) is 34.3 Å². The maximum atomic E-state index is 12.3. The lowest BCUT2D eigenvalue weighted by molar-refractivity contribution is 0.413. The van der Waals surface area contributed by atoms with Crippen molar-refractivity contribution in [1.82, 2.24) is 29.6 Å². The van der Waals surface area contributed by atoms with E-state index in [9.17, 15) is 8.42 Å². The average Bonchev–Trinajstić information content (AvgIpc) is 3.05. The lowest BCUT2D eigenvalue weighted by Gasteiger charge is -2.09. The fourth-order valence-electron chi connectivity index (χ4n) is 3.60. The molecule has 0 bridgehead atoms. The lowest BCUT2D eigenvalue weighted by Crippen LogP contribution is -2.24. The van der Waals surface area contributed by atoms with Gasteiger partial charge in [0.2, 0.25) is 10.0 Å². The predicted molar refractivity (Wildman–Crippen MR) is 154 cm³/mol. The molecular weight excluding hydrogens is 542 g/mol. The van der Waals surface area contributed by atoms with Gasteiger partial charge in [-0.2, -0.15) is 0 Å².